The minimum absolute atomic E-state index is 0.310. The maximum Gasteiger partial charge on any atom is 0.0649 e. The molecule has 3 heteroatoms. The highest BCUT2D eigenvalue weighted by Gasteiger charge is 2.08. The molecule has 0 saturated heterocycles. The lowest BCUT2D eigenvalue weighted by molar-refractivity contribution is 0.0722. The van der Waals surface area contributed by atoms with Crippen LogP contribution in [0.15, 0.2) is 18.3 Å². The van der Waals surface area contributed by atoms with Gasteiger partial charge in [0.2, 0.25) is 0 Å². The first kappa shape index (κ1) is 13.3. The first-order chi connectivity index (χ1) is 7.65. The van der Waals surface area contributed by atoms with Gasteiger partial charge < -0.3 is 14.6 Å². The molecule has 1 atom stereocenters. The van der Waals surface area contributed by atoms with Crippen molar-refractivity contribution >= 4 is 0 Å². The Bertz CT molecular complexity index is 294. The maximum absolute atomic E-state index is 5.57. The van der Waals surface area contributed by atoms with Gasteiger partial charge in [0.1, 0.15) is 0 Å². The summed E-state index contributed by atoms with van der Waals surface area (Å²) in [6.45, 7) is 11.2. The van der Waals surface area contributed by atoms with Gasteiger partial charge in [-0.2, -0.15) is 0 Å². The second kappa shape index (κ2) is 6.71. The normalized spacial score (nSPS) is 13.3. The van der Waals surface area contributed by atoms with E-state index in [1.807, 2.05) is 0 Å². The zero-order valence-corrected chi connectivity index (χ0v) is 10.9. The van der Waals surface area contributed by atoms with E-state index < -0.39 is 0 Å². The minimum atomic E-state index is 0.310. The lowest BCUT2D eigenvalue weighted by atomic mass is 10.2. The van der Waals surface area contributed by atoms with Crippen LogP contribution < -0.4 is 5.32 Å². The molecule has 1 aromatic heterocycles. The van der Waals surface area contributed by atoms with E-state index in [1.54, 1.807) is 0 Å². The van der Waals surface area contributed by atoms with E-state index in [2.05, 4.69) is 55.9 Å². The number of hydrogen-bond acceptors (Lipinski definition) is 2. The molecule has 0 aliphatic heterocycles. The van der Waals surface area contributed by atoms with Crippen molar-refractivity contribution in [1.29, 1.82) is 0 Å². The van der Waals surface area contributed by atoms with Crippen molar-refractivity contribution in [2.24, 2.45) is 0 Å². The molecular weight excluding hydrogens is 200 g/mol. The van der Waals surface area contributed by atoms with E-state index >= 15 is 0 Å². The number of hydrogen-bond donors (Lipinski definition) is 1. The van der Waals surface area contributed by atoms with Gasteiger partial charge in [0.15, 0.2) is 0 Å². The van der Waals surface area contributed by atoms with Crippen molar-refractivity contribution in [1.82, 2.24) is 9.88 Å². The standard InChI is InChI=1S/C13H24N2O/c1-5-14-12(4)13-7-6-8-15(13)9-10-16-11(2)3/h6-8,11-12,14H,5,9-10H2,1-4H3. The van der Waals surface area contributed by atoms with Crippen molar-refractivity contribution in [2.45, 2.75) is 46.4 Å². The fourth-order valence-electron chi connectivity index (χ4n) is 1.82. The van der Waals surface area contributed by atoms with Crippen LogP contribution in [0.2, 0.25) is 0 Å². The van der Waals surface area contributed by atoms with E-state index in [1.165, 1.54) is 5.69 Å². The smallest absolute Gasteiger partial charge is 0.0649 e. The first-order valence-corrected chi connectivity index (χ1v) is 6.15. The molecule has 3 nitrogen and oxygen atoms in total. The van der Waals surface area contributed by atoms with E-state index in [4.69, 9.17) is 4.74 Å². The van der Waals surface area contributed by atoms with Crippen LogP contribution in [0.25, 0.3) is 0 Å². The molecule has 1 heterocycles. The van der Waals surface area contributed by atoms with Gasteiger partial charge in [0, 0.05) is 24.5 Å². The molecular formula is C13H24N2O. The topological polar surface area (TPSA) is 26.2 Å². The van der Waals surface area contributed by atoms with Gasteiger partial charge in [0.25, 0.3) is 0 Å². The summed E-state index contributed by atoms with van der Waals surface area (Å²) in [5, 5.41) is 3.43. The monoisotopic (exact) mass is 224 g/mol. The van der Waals surface area contributed by atoms with Crippen LogP contribution in [-0.4, -0.2) is 23.8 Å². The third-order valence-electron chi connectivity index (χ3n) is 2.60. The van der Waals surface area contributed by atoms with Gasteiger partial charge in [-0.15, -0.1) is 0 Å². The molecule has 1 aromatic rings. The van der Waals surface area contributed by atoms with Crippen molar-refractivity contribution < 1.29 is 4.74 Å². The molecule has 0 fully saturated rings. The van der Waals surface area contributed by atoms with E-state index in [-0.39, 0.29) is 0 Å². The number of nitrogens with one attached hydrogen (secondary N) is 1. The lowest BCUT2D eigenvalue weighted by Crippen LogP contribution is -2.21. The Labute approximate surface area is 98.8 Å². The predicted molar refractivity (Wildman–Crippen MR) is 67.6 cm³/mol. The van der Waals surface area contributed by atoms with Crippen LogP contribution >= 0.6 is 0 Å². The molecule has 0 spiro atoms. The van der Waals surface area contributed by atoms with Gasteiger partial charge in [-0.1, -0.05) is 6.92 Å². The quantitative estimate of drug-likeness (QED) is 0.770. The first-order valence-electron chi connectivity index (χ1n) is 6.15. The van der Waals surface area contributed by atoms with Crippen LogP contribution in [0.5, 0.6) is 0 Å². The van der Waals surface area contributed by atoms with Gasteiger partial charge in [-0.3, -0.25) is 0 Å². The van der Waals surface area contributed by atoms with E-state index in [0.717, 1.165) is 19.7 Å². The van der Waals surface area contributed by atoms with Crippen LogP contribution in [0, 0.1) is 0 Å². The minimum Gasteiger partial charge on any atom is -0.377 e. The Kier molecular flexibility index (Phi) is 5.56. The number of ether oxygens (including phenoxy) is 1. The molecule has 1 rings (SSSR count). The Balaban J connectivity index is 2.50. The molecule has 0 amide bonds. The molecule has 0 bridgehead atoms. The highest BCUT2D eigenvalue weighted by molar-refractivity contribution is 5.11. The summed E-state index contributed by atoms with van der Waals surface area (Å²) in [4.78, 5) is 0. The molecule has 0 radical (unpaired) electrons. The van der Waals surface area contributed by atoms with Gasteiger partial charge in [-0.05, 0) is 39.4 Å². The Morgan fingerprint density at radius 2 is 2.12 bits per heavy atom. The predicted octanol–water partition coefficient (Wildman–Crippen LogP) is 2.58. The Morgan fingerprint density at radius 1 is 1.38 bits per heavy atom. The average molecular weight is 224 g/mol. The van der Waals surface area contributed by atoms with Gasteiger partial charge in [0.05, 0.1) is 12.7 Å². The van der Waals surface area contributed by atoms with Gasteiger partial charge >= 0.3 is 0 Å². The summed E-state index contributed by atoms with van der Waals surface area (Å²) in [6, 6.07) is 4.67. The summed E-state index contributed by atoms with van der Waals surface area (Å²) in [7, 11) is 0. The Hall–Kier alpha value is -0.800. The summed E-state index contributed by atoms with van der Waals surface area (Å²) >= 11 is 0. The third kappa shape index (κ3) is 3.99. The van der Waals surface area contributed by atoms with Crippen molar-refractivity contribution in [3.8, 4) is 0 Å². The molecule has 0 aliphatic carbocycles. The zero-order valence-electron chi connectivity index (χ0n) is 10.9. The lowest BCUT2D eigenvalue weighted by Gasteiger charge is -2.17. The molecule has 0 saturated carbocycles. The molecule has 92 valence electrons. The van der Waals surface area contributed by atoms with E-state index in [9.17, 15) is 0 Å². The Morgan fingerprint density at radius 3 is 2.75 bits per heavy atom. The molecule has 0 aromatic carbocycles. The second-order valence-corrected chi connectivity index (χ2v) is 4.33. The van der Waals surface area contributed by atoms with E-state index in [0.29, 0.717) is 12.1 Å². The molecule has 0 aliphatic rings. The average Bonchev–Trinajstić information content (AvgIpc) is 2.66. The molecule has 16 heavy (non-hydrogen) atoms. The largest absolute Gasteiger partial charge is 0.377 e. The van der Waals surface area contributed by atoms with Crippen LogP contribution in [0.4, 0.5) is 0 Å². The molecule has 1 unspecified atom stereocenters. The fourth-order valence-corrected chi connectivity index (χ4v) is 1.82. The highest BCUT2D eigenvalue weighted by atomic mass is 16.5. The van der Waals surface area contributed by atoms with Crippen LogP contribution in [0.3, 0.4) is 0 Å². The summed E-state index contributed by atoms with van der Waals surface area (Å²) in [5.41, 5.74) is 1.33. The van der Waals surface area contributed by atoms with Crippen LogP contribution in [0.1, 0.15) is 39.4 Å². The van der Waals surface area contributed by atoms with Gasteiger partial charge in [-0.25, -0.2) is 0 Å². The number of nitrogens with zero attached hydrogens (tertiary/aromatic N) is 1. The highest BCUT2D eigenvalue weighted by Crippen LogP contribution is 2.13. The summed E-state index contributed by atoms with van der Waals surface area (Å²) in [5.74, 6) is 0. The SMILES string of the molecule is CCNC(C)c1cccn1CCOC(C)C. The zero-order chi connectivity index (χ0) is 12.0. The fraction of sp³-hybridized carbons (Fsp3) is 0.692. The third-order valence-corrected chi connectivity index (χ3v) is 2.60. The summed E-state index contributed by atoms with van der Waals surface area (Å²) in [6.07, 6.45) is 2.43. The van der Waals surface area contributed by atoms with Crippen molar-refractivity contribution in [2.75, 3.05) is 13.2 Å². The van der Waals surface area contributed by atoms with Crippen molar-refractivity contribution in [3.63, 3.8) is 0 Å². The molecule has 1 N–H and O–H groups in total. The van der Waals surface area contributed by atoms with Crippen LogP contribution in [-0.2, 0) is 11.3 Å². The number of aromatic nitrogens is 1. The summed E-state index contributed by atoms with van der Waals surface area (Å²) < 4.78 is 7.83. The maximum atomic E-state index is 5.57. The second-order valence-electron chi connectivity index (χ2n) is 4.33. The number of rotatable bonds is 7. The van der Waals surface area contributed by atoms with Crippen molar-refractivity contribution in [3.05, 3.63) is 24.0 Å².